The Hall–Kier alpha value is -2.33. The van der Waals surface area contributed by atoms with Crippen LogP contribution in [0.2, 0.25) is 0 Å². The summed E-state index contributed by atoms with van der Waals surface area (Å²) in [7, 11) is -3.71. The molecule has 3 nitrogen and oxygen atoms in total. The number of benzene rings is 3. The number of hydrogen-bond acceptors (Lipinski definition) is 3. The van der Waals surface area contributed by atoms with E-state index in [1.807, 2.05) is 12.1 Å². The van der Waals surface area contributed by atoms with Crippen LogP contribution in [0, 0.1) is 0 Å². The number of rotatable bonds is 2. The van der Waals surface area contributed by atoms with Crippen molar-refractivity contribution in [3.8, 4) is 5.75 Å². The predicted molar refractivity (Wildman–Crippen MR) is 77.5 cm³/mol. The second-order valence-corrected chi connectivity index (χ2v) is 6.37. The quantitative estimate of drug-likeness (QED) is 0.785. The molecule has 0 bridgehead atoms. The summed E-state index contributed by atoms with van der Waals surface area (Å²) in [6.07, 6.45) is 0. The maximum atomic E-state index is 12.5. The first-order valence-electron chi connectivity index (χ1n) is 6.11. The van der Waals surface area contributed by atoms with E-state index < -0.39 is 9.84 Å². The van der Waals surface area contributed by atoms with E-state index in [4.69, 9.17) is 0 Å². The molecule has 0 aromatic heterocycles. The highest BCUT2D eigenvalue weighted by atomic mass is 32.2. The van der Waals surface area contributed by atoms with Crippen LogP contribution in [0.15, 0.2) is 76.5 Å². The van der Waals surface area contributed by atoms with E-state index in [0.717, 1.165) is 5.39 Å². The second kappa shape index (κ2) is 4.65. The third-order valence-electron chi connectivity index (χ3n) is 3.21. The van der Waals surface area contributed by atoms with Gasteiger partial charge in [0, 0.05) is 5.39 Å². The zero-order valence-electron chi connectivity index (χ0n) is 10.5. The van der Waals surface area contributed by atoms with Gasteiger partial charge in [-0.15, -0.1) is 0 Å². The molecule has 0 atom stereocenters. The maximum absolute atomic E-state index is 12.5. The van der Waals surface area contributed by atoms with Crippen molar-refractivity contribution in [2.45, 2.75) is 9.79 Å². The van der Waals surface area contributed by atoms with Gasteiger partial charge in [0.1, 0.15) is 10.6 Å². The summed E-state index contributed by atoms with van der Waals surface area (Å²) in [5.74, 6) is -0.202. The van der Waals surface area contributed by atoms with E-state index in [0.29, 0.717) is 5.39 Å². The maximum Gasteiger partial charge on any atom is 0.210 e. The first kappa shape index (κ1) is 12.7. The van der Waals surface area contributed by atoms with Crippen molar-refractivity contribution in [3.63, 3.8) is 0 Å². The van der Waals surface area contributed by atoms with E-state index >= 15 is 0 Å². The van der Waals surface area contributed by atoms with E-state index in [1.165, 1.54) is 18.2 Å². The average Bonchev–Trinajstić information content (AvgIpc) is 2.48. The van der Waals surface area contributed by atoms with Gasteiger partial charge in [-0.25, -0.2) is 8.42 Å². The van der Waals surface area contributed by atoms with E-state index in [-0.39, 0.29) is 15.5 Å². The number of hydrogen-bond donors (Lipinski definition) is 1. The summed E-state index contributed by atoms with van der Waals surface area (Å²) in [5.41, 5.74) is 0. The van der Waals surface area contributed by atoms with Crippen LogP contribution in [0.3, 0.4) is 0 Å². The van der Waals surface area contributed by atoms with Crippen LogP contribution < -0.4 is 0 Å². The molecule has 100 valence electrons. The van der Waals surface area contributed by atoms with Crippen LogP contribution >= 0.6 is 0 Å². The van der Waals surface area contributed by atoms with Crippen molar-refractivity contribution in [1.82, 2.24) is 0 Å². The van der Waals surface area contributed by atoms with E-state index in [1.54, 1.807) is 36.4 Å². The van der Waals surface area contributed by atoms with Crippen LogP contribution in [0.5, 0.6) is 5.75 Å². The highest BCUT2D eigenvalue weighted by molar-refractivity contribution is 7.91. The summed E-state index contributed by atoms with van der Waals surface area (Å²) in [5, 5.41) is 11.6. The van der Waals surface area contributed by atoms with Crippen LogP contribution in [0.4, 0.5) is 0 Å². The van der Waals surface area contributed by atoms with Crippen molar-refractivity contribution in [1.29, 1.82) is 0 Å². The van der Waals surface area contributed by atoms with Gasteiger partial charge in [-0.3, -0.25) is 0 Å². The minimum Gasteiger partial charge on any atom is -0.506 e. The molecule has 3 aromatic rings. The lowest BCUT2D eigenvalue weighted by Crippen LogP contribution is -2.02. The molecular formula is C16H12O3S. The second-order valence-electron chi connectivity index (χ2n) is 4.45. The summed E-state index contributed by atoms with van der Waals surface area (Å²) < 4.78 is 25.1. The molecule has 0 saturated heterocycles. The third-order valence-corrected chi connectivity index (χ3v) is 5.01. The third kappa shape index (κ3) is 1.94. The van der Waals surface area contributed by atoms with Crippen molar-refractivity contribution in [3.05, 3.63) is 66.7 Å². The van der Waals surface area contributed by atoms with Crippen LogP contribution in [-0.4, -0.2) is 13.5 Å². The molecule has 3 rings (SSSR count). The van der Waals surface area contributed by atoms with Gasteiger partial charge in [-0.1, -0.05) is 48.5 Å². The molecule has 0 unspecified atom stereocenters. The van der Waals surface area contributed by atoms with Gasteiger partial charge in [-0.05, 0) is 23.6 Å². The number of fused-ring (bicyclic) bond motifs is 1. The number of sulfone groups is 1. The molecule has 0 amide bonds. The molecule has 20 heavy (non-hydrogen) atoms. The molecule has 1 N–H and O–H groups in total. The Morgan fingerprint density at radius 3 is 2.15 bits per heavy atom. The lowest BCUT2D eigenvalue weighted by Gasteiger charge is -2.09. The van der Waals surface area contributed by atoms with Crippen LogP contribution in [-0.2, 0) is 9.84 Å². The Morgan fingerprint density at radius 2 is 1.40 bits per heavy atom. The minimum atomic E-state index is -3.71. The summed E-state index contributed by atoms with van der Waals surface area (Å²) in [4.78, 5) is 0.105. The largest absolute Gasteiger partial charge is 0.506 e. The van der Waals surface area contributed by atoms with Crippen LogP contribution in [0.25, 0.3) is 10.8 Å². The molecular weight excluding hydrogens is 272 g/mol. The zero-order valence-corrected chi connectivity index (χ0v) is 11.3. The van der Waals surface area contributed by atoms with Gasteiger partial charge in [0.05, 0.1) is 4.90 Å². The molecule has 0 heterocycles. The number of phenols is 1. The first-order valence-corrected chi connectivity index (χ1v) is 7.60. The monoisotopic (exact) mass is 284 g/mol. The van der Waals surface area contributed by atoms with Gasteiger partial charge in [0.25, 0.3) is 0 Å². The molecule has 0 radical (unpaired) electrons. The summed E-state index contributed by atoms with van der Waals surface area (Å²) in [6, 6.07) is 18.4. The topological polar surface area (TPSA) is 54.4 Å². The lowest BCUT2D eigenvalue weighted by molar-refractivity contribution is 0.465. The predicted octanol–water partition coefficient (Wildman–Crippen LogP) is 3.38. The van der Waals surface area contributed by atoms with Crippen molar-refractivity contribution >= 4 is 20.6 Å². The van der Waals surface area contributed by atoms with Crippen molar-refractivity contribution in [2.75, 3.05) is 0 Å². The molecule has 0 aliphatic heterocycles. The molecule has 0 saturated carbocycles. The van der Waals surface area contributed by atoms with Gasteiger partial charge in [-0.2, -0.15) is 0 Å². The first-order chi connectivity index (χ1) is 9.60. The Kier molecular flexibility index (Phi) is 2.95. The highest BCUT2D eigenvalue weighted by Crippen LogP contribution is 2.34. The van der Waals surface area contributed by atoms with Crippen LogP contribution in [0.1, 0.15) is 0 Å². The molecule has 0 aliphatic rings. The standard InChI is InChI=1S/C16H12O3S/c17-16-14-9-5-4-6-12(14)10-11-15(16)20(18,19)13-7-2-1-3-8-13/h1-11,17H. The number of aromatic hydroxyl groups is 1. The Labute approximate surface area is 117 Å². The summed E-state index contributed by atoms with van der Waals surface area (Å²) >= 11 is 0. The van der Waals surface area contributed by atoms with Gasteiger partial charge in [0.15, 0.2) is 0 Å². The van der Waals surface area contributed by atoms with Crippen molar-refractivity contribution < 1.29 is 13.5 Å². The van der Waals surface area contributed by atoms with E-state index in [2.05, 4.69) is 0 Å². The molecule has 0 spiro atoms. The fraction of sp³-hybridized carbons (Fsp3) is 0. The van der Waals surface area contributed by atoms with Gasteiger partial charge < -0.3 is 5.11 Å². The fourth-order valence-electron chi connectivity index (χ4n) is 2.18. The molecule has 0 fully saturated rings. The Bertz CT molecular complexity index is 869. The summed E-state index contributed by atoms with van der Waals surface area (Å²) in [6.45, 7) is 0. The minimum absolute atomic E-state index is 0.0672. The molecule has 0 aliphatic carbocycles. The van der Waals surface area contributed by atoms with Gasteiger partial charge in [0.2, 0.25) is 9.84 Å². The molecule has 4 heteroatoms. The SMILES string of the molecule is O=S(=O)(c1ccccc1)c1ccc2ccccc2c1O. The highest BCUT2D eigenvalue weighted by Gasteiger charge is 2.22. The Balaban J connectivity index is 2.28. The number of phenolic OH excluding ortho intramolecular Hbond substituents is 1. The average molecular weight is 284 g/mol. The van der Waals surface area contributed by atoms with Gasteiger partial charge >= 0.3 is 0 Å². The van der Waals surface area contributed by atoms with E-state index in [9.17, 15) is 13.5 Å². The zero-order chi connectivity index (χ0) is 14.2. The lowest BCUT2D eigenvalue weighted by atomic mass is 10.1. The Morgan fingerprint density at radius 1 is 0.750 bits per heavy atom. The molecule has 3 aromatic carbocycles. The smallest absolute Gasteiger partial charge is 0.210 e. The normalized spacial score (nSPS) is 11.6. The fourth-order valence-corrected chi connectivity index (χ4v) is 3.56. The van der Waals surface area contributed by atoms with Crippen molar-refractivity contribution in [2.24, 2.45) is 0 Å².